The third-order valence-electron chi connectivity index (χ3n) is 3.02. The highest BCUT2D eigenvalue weighted by atomic mass is 14.3. The molecule has 0 spiro atoms. The summed E-state index contributed by atoms with van der Waals surface area (Å²) >= 11 is 0. The van der Waals surface area contributed by atoms with Gasteiger partial charge >= 0.3 is 0 Å². The first kappa shape index (κ1) is 7.14. The van der Waals surface area contributed by atoms with E-state index in [9.17, 15) is 0 Å². The van der Waals surface area contributed by atoms with Crippen molar-refractivity contribution in [1.82, 2.24) is 0 Å². The van der Waals surface area contributed by atoms with Crippen molar-refractivity contribution in [3.05, 3.63) is 59.3 Å². The van der Waals surface area contributed by atoms with Crippen LogP contribution in [0.3, 0.4) is 0 Å². The molecule has 0 aliphatic heterocycles. The Morgan fingerprint density at radius 3 is 3.15 bits per heavy atom. The monoisotopic (exact) mass is 168 g/mol. The Kier molecular flexibility index (Phi) is 1.42. The Morgan fingerprint density at radius 2 is 2.15 bits per heavy atom. The largest absolute Gasteiger partial charge is 0.0873 e. The van der Waals surface area contributed by atoms with Crippen LogP contribution >= 0.6 is 0 Å². The van der Waals surface area contributed by atoms with Crippen LogP contribution in [-0.2, 0) is 0 Å². The first-order chi connectivity index (χ1) is 6.45. The van der Waals surface area contributed by atoms with Crippen molar-refractivity contribution in [1.29, 1.82) is 0 Å². The van der Waals surface area contributed by atoms with Crippen LogP contribution in [0.1, 0.15) is 12.8 Å². The van der Waals surface area contributed by atoms with Gasteiger partial charge in [0.05, 0.1) is 0 Å². The Hall–Kier alpha value is -1.30. The molecule has 0 N–H and O–H groups in total. The average molecular weight is 168 g/mol. The molecule has 64 valence electrons. The van der Waals surface area contributed by atoms with Gasteiger partial charge in [-0.05, 0) is 24.0 Å². The minimum absolute atomic E-state index is 0.587. The van der Waals surface area contributed by atoms with Gasteiger partial charge in [-0.1, -0.05) is 48.1 Å². The maximum atomic E-state index is 2.35. The Morgan fingerprint density at radius 1 is 1.15 bits per heavy atom. The summed E-state index contributed by atoms with van der Waals surface area (Å²) in [5, 5.41) is 0. The molecular weight excluding hydrogens is 156 g/mol. The van der Waals surface area contributed by atoms with E-state index >= 15 is 0 Å². The van der Waals surface area contributed by atoms with E-state index in [-0.39, 0.29) is 0 Å². The molecule has 1 atom stereocenters. The Labute approximate surface area is 78.7 Å². The van der Waals surface area contributed by atoms with E-state index in [0.29, 0.717) is 5.92 Å². The van der Waals surface area contributed by atoms with Gasteiger partial charge in [0.15, 0.2) is 0 Å². The maximum absolute atomic E-state index is 2.35. The Bertz CT molecular complexity index is 386. The second kappa shape index (κ2) is 2.59. The fourth-order valence-corrected chi connectivity index (χ4v) is 2.33. The summed E-state index contributed by atoms with van der Waals surface area (Å²) in [6.07, 6.45) is 18.3. The highest BCUT2D eigenvalue weighted by molar-refractivity contribution is 5.58. The van der Waals surface area contributed by atoms with Crippen LogP contribution in [0.4, 0.5) is 0 Å². The van der Waals surface area contributed by atoms with Crippen LogP contribution in [-0.4, -0.2) is 0 Å². The maximum Gasteiger partial charge on any atom is 0.0237 e. The lowest BCUT2D eigenvalue weighted by molar-refractivity contribution is 0.769. The third kappa shape index (κ3) is 0.983. The predicted molar refractivity (Wildman–Crippen MR) is 55.3 cm³/mol. The molecule has 3 aliphatic rings. The third-order valence-corrected chi connectivity index (χ3v) is 3.02. The molecule has 0 aromatic rings. The molecule has 0 aromatic heterocycles. The summed E-state index contributed by atoms with van der Waals surface area (Å²) in [4.78, 5) is 0. The minimum Gasteiger partial charge on any atom is -0.0873 e. The number of hydrogen-bond donors (Lipinski definition) is 0. The number of allylic oxidation sites excluding steroid dienone is 10. The van der Waals surface area contributed by atoms with Crippen molar-refractivity contribution >= 4 is 0 Å². The molecule has 0 nitrogen and oxygen atoms in total. The van der Waals surface area contributed by atoms with Gasteiger partial charge in [0.2, 0.25) is 0 Å². The van der Waals surface area contributed by atoms with E-state index in [2.05, 4.69) is 42.5 Å². The fraction of sp³-hybridized carbons (Fsp3) is 0.231. The highest BCUT2D eigenvalue weighted by Crippen LogP contribution is 2.39. The first-order valence-corrected chi connectivity index (χ1v) is 4.91. The van der Waals surface area contributed by atoms with Gasteiger partial charge in [-0.15, -0.1) is 0 Å². The van der Waals surface area contributed by atoms with E-state index in [1.807, 2.05) is 0 Å². The highest BCUT2D eigenvalue weighted by Gasteiger charge is 2.23. The summed E-state index contributed by atoms with van der Waals surface area (Å²) in [7, 11) is 0. The standard InChI is InChI=1S/C13H12/c1-2-6-12-10(4-1)8-9-11-5-3-7-13(11)12/h2-3,5-9,12H,1,4H2. The molecule has 1 unspecified atom stereocenters. The van der Waals surface area contributed by atoms with Crippen molar-refractivity contribution in [3.63, 3.8) is 0 Å². The van der Waals surface area contributed by atoms with Crippen molar-refractivity contribution in [3.8, 4) is 0 Å². The quantitative estimate of drug-likeness (QED) is 0.487. The zero-order valence-corrected chi connectivity index (χ0v) is 7.53. The molecule has 0 bridgehead atoms. The minimum atomic E-state index is 0.587. The van der Waals surface area contributed by atoms with Crippen molar-refractivity contribution < 1.29 is 0 Å². The van der Waals surface area contributed by atoms with Gasteiger partial charge < -0.3 is 0 Å². The van der Waals surface area contributed by atoms with Crippen LogP contribution in [0.15, 0.2) is 59.3 Å². The number of rotatable bonds is 0. The number of fused-ring (bicyclic) bond motifs is 3. The molecular formula is C13H12. The van der Waals surface area contributed by atoms with E-state index in [1.54, 1.807) is 5.57 Å². The summed E-state index contributed by atoms with van der Waals surface area (Å²) in [5.74, 6) is 0.587. The lowest BCUT2D eigenvalue weighted by atomic mass is 9.79. The number of hydrogen-bond acceptors (Lipinski definition) is 0. The van der Waals surface area contributed by atoms with Crippen molar-refractivity contribution in [2.75, 3.05) is 0 Å². The normalized spacial score (nSPS) is 28.9. The smallest absolute Gasteiger partial charge is 0.0237 e. The zero-order chi connectivity index (χ0) is 8.67. The van der Waals surface area contributed by atoms with Crippen molar-refractivity contribution in [2.24, 2.45) is 5.92 Å². The zero-order valence-electron chi connectivity index (χ0n) is 7.53. The topological polar surface area (TPSA) is 0 Å². The van der Waals surface area contributed by atoms with Crippen LogP contribution in [0, 0.1) is 5.92 Å². The van der Waals surface area contributed by atoms with Gasteiger partial charge in [-0.2, -0.15) is 0 Å². The van der Waals surface area contributed by atoms with Gasteiger partial charge in [-0.3, -0.25) is 0 Å². The summed E-state index contributed by atoms with van der Waals surface area (Å²) in [6.45, 7) is 0. The van der Waals surface area contributed by atoms with Crippen molar-refractivity contribution in [2.45, 2.75) is 12.8 Å². The molecule has 13 heavy (non-hydrogen) atoms. The van der Waals surface area contributed by atoms with Crippen LogP contribution < -0.4 is 0 Å². The van der Waals surface area contributed by atoms with E-state index in [4.69, 9.17) is 0 Å². The molecule has 0 aromatic carbocycles. The summed E-state index contributed by atoms with van der Waals surface area (Å²) < 4.78 is 0. The molecule has 3 aliphatic carbocycles. The van der Waals surface area contributed by atoms with Crippen LogP contribution in [0.5, 0.6) is 0 Å². The lowest BCUT2D eigenvalue weighted by Gasteiger charge is -2.25. The molecule has 0 saturated heterocycles. The second-order valence-electron chi connectivity index (χ2n) is 3.79. The second-order valence-corrected chi connectivity index (χ2v) is 3.79. The van der Waals surface area contributed by atoms with E-state index in [0.717, 1.165) is 0 Å². The summed E-state index contributed by atoms with van der Waals surface area (Å²) in [5.41, 5.74) is 4.48. The molecule has 3 rings (SSSR count). The molecule has 0 heterocycles. The predicted octanol–water partition coefficient (Wildman–Crippen LogP) is 3.32. The SMILES string of the molecule is C1=CC2=CC=C3CCC=CC3C2=C1. The Balaban J connectivity index is 2.11. The molecule has 0 fully saturated rings. The molecule has 0 heteroatoms. The molecule has 0 saturated carbocycles. The summed E-state index contributed by atoms with van der Waals surface area (Å²) in [6, 6.07) is 0. The van der Waals surface area contributed by atoms with Gasteiger partial charge in [0.25, 0.3) is 0 Å². The van der Waals surface area contributed by atoms with E-state index < -0.39 is 0 Å². The molecule has 0 radical (unpaired) electrons. The van der Waals surface area contributed by atoms with Gasteiger partial charge in [0.1, 0.15) is 0 Å². The van der Waals surface area contributed by atoms with E-state index in [1.165, 1.54) is 24.0 Å². The first-order valence-electron chi connectivity index (χ1n) is 4.91. The fourth-order valence-electron chi connectivity index (χ4n) is 2.33. The average Bonchev–Trinajstić information content (AvgIpc) is 2.65. The molecule has 0 amide bonds. The lowest BCUT2D eigenvalue weighted by Crippen LogP contribution is -2.11. The van der Waals surface area contributed by atoms with Crippen LogP contribution in [0.2, 0.25) is 0 Å². The van der Waals surface area contributed by atoms with Gasteiger partial charge in [0, 0.05) is 5.92 Å². The van der Waals surface area contributed by atoms with Crippen LogP contribution in [0.25, 0.3) is 0 Å². The van der Waals surface area contributed by atoms with Gasteiger partial charge in [-0.25, -0.2) is 0 Å².